The molecule has 0 spiro atoms. The van der Waals surface area contributed by atoms with Gasteiger partial charge in [-0.15, -0.1) is 0 Å². The summed E-state index contributed by atoms with van der Waals surface area (Å²) < 4.78 is 13.8. The first-order valence-corrected chi connectivity index (χ1v) is 6.59. The second-order valence-electron chi connectivity index (χ2n) is 4.91. The van der Waals surface area contributed by atoms with Crippen molar-refractivity contribution in [3.63, 3.8) is 0 Å². The van der Waals surface area contributed by atoms with Gasteiger partial charge in [-0.25, -0.2) is 4.39 Å². The molecule has 0 amide bonds. The number of halogens is 1. The average Bonchev–Trinajstić information content (AvgIpc) is 2.46. The Morgan fingerprint density at radius 3 is 2.25 bits per heavy atom. The normalized spacial score (nSPS) is 12.0. The fourth-order valence-corrected chi connectivity index (χ4v) is 2.18. The number of rotatable bonds is 4. The minimum Gasteiger partial charge on any atom is -0.368 e. The van der Waals surface area contributed by atoms with Crippen LogP contribution in [0.25, 0.3) is 0 Å². The maximum absolute atomic E-state index is 13.8. The zero-order chi connectivity index (χ0) is 14.7. The van der Waals surface area contributed by atoms with Crippen molar-refractivity contribution in [1.29, 1.82) is 0 Å². The number of benzene rings is 2. The van der Waals surface area contributed by atoms with Gasteiger partial charge in [-0.3, -0.25) is 4.79 Å². The average molecular weight is 271 g/mol. The van der Waals surface area contributed by atoms with Crippen LogP contribution in [0.2, 0.25) is 0 Å². The maximum atomic E-state index is 13.8. The number of ketones is 1. The van der Waals surface area contributed by atoms with Crippen LogP contribution in [-0.4, -0.2) is 12.8 Å². The molecule has 0 saturated carbocycles. The number of hydrogen-bond donors (Lipinski definition) is 0. The molecule has 0 bridgehead atoms. The number of Topliss-reactive ketones (excluding diaryl/α,β-unsaturated/α-hetero) is 1. The van der Waals surface area contributed by atoms with E-state index in [0.717, 1.165) is 5.69 Å². The van der Waals surface area contributed by atoms with Gasteiger partial charge in [-0.05, 0) is 44.2 Å². The van der Waals surface area contributed by atoms with Gasteiger partial charge in [-0.1, -0.05) is 18.2 Å². The lowest BCUT2D eigenvalue weighted by molar-refractivity contribution is 0.101. The lowest BCUT2D eigenvalue weighted by Gasteiger charge is -2.27. The second kappa shape index (κ2) is 5.87. The van der Waals surface area contributed by atoms with Crippen LogP contribution >= 0.6 is 0 Å². The Morgan fingerprint density at radius 2 is 1.70 bits per heavy atom. The van der Waals surface area contributed by atoms with Crippen LogP contribution in [0, 0.1) is 5.82 Å². The van der Waals surface area contributed by atoms with Crippen molar-refractivity contribution < 1.29 is 9.18 Å². The van der Waals surface area contributed by atoms with E-state index in [9.17, 15) is 9.18 Å². The smallest absolute Gasteiger partial charge is 0.159 e. The minimum atomic E-state index is -0.202. The summed E-state index contributed by atoms with van der Waals surface area (Å²) in [5.74, 6) is -0.159. The van der Waals surface area contributed by atoms with Gasteiger partial charge in [-0.2, -0.15) is 0 Å². The highest BCUT2D eigenvalue weighted by Gasteiger charge is 2.15. The number of anilines is 1. The van der Waals surface area contributed by atoms with E-state index in [0.29, 0.717) is 11.1 Å². The van der Waals surface area contributed by atoms with Crippen molar-refractivity contribution in [2.45, 2.75) is 19.9 Å². The highest BCUT2D eigenvalue weighted by Crippen LogP contribution is 2.27. The fraction of sp³-hybridized carbons (Fsp3) is 0.235. The van der Waals surface area contributed by atoms with Crippen LogP contribution in [-0.2, 0) is 0 Å². The van der Waals surface area contributed by atoms with E-state index < -0.39 is 0 Å². The molecular weight excluding hydrogens is 253 g/mol. The molecule has 0 fully saturated rings. The Bertz CT molecular complexity index is 607. The SMILES string of the molecule is CC(=O)c1ccc(N(C)C(C)c2ccccc2F)cc1. The van der Waals surface area contributed by atoms with E-state index in [4.69, 9.17) is 0 Å². The van der Waals surface area contributed by atoms with Crippen molar-refractivity contribution in [1.82, 2.24) is 0 Å². The minimum absolute atomic E-state index is 0.0429. The van der Waals surface area contributed by atoms with Crippen LogP contribution in [0.5, 0.6) is 0 Å². The van der Waals surface area contributed by atoms with E-state index in [2.05, 4.69) is 0 Å². The van der Waals surface area contributed by atoms with Gasteiger partial charge < -0.3 is 4.90 Å². The van der Waals surface area contributed by atoms with Crippen LogP contribution in [0.1, 0.15) is 35.8 Å². The van der Waals surface area contributed by atoms with E-state index in [-0.39, 0.29) is 17.6 Å². The molecule has 2 nitrogen and oxygen atoms in total. The van der Waals surface area contributed by atoms with Crippen LogP contribution in [0.4, 0.5) is 10.1 Å². The number of carbonyl (C=O) groups excluding carboxylic acids is 1. The second-order valence-corrected chi connectivity index (χ2v) is 4.91. The molecule has 0 aliphatic carbocycles. The summed E-state index contributed by atoms with van der Waals surface area (Å²) in [4.78, 5) is 13.3. The van der Waals surface area contributed by atoms with Gasteiger partial charge in [0.1, 0.15) is 5.82 Å². The van der Waals surface area contributed by atoms with Crippen molar-refractivity contribution in [2.24, 2.45) is 0 Å². The highest BCUT2D eigenvalue weighted by atomic mass is 19.1. The molecule has 2 rings (SSSR count). The molecule has 1 unspecified atom stereocenters. The molecule has 3 heteroatoms. The lowest BCUT2D eigenvalue weighted by Crippen LogP contribution is -2.22. The quantitative estimate of drug-likeness (QED) is 0.776. The Balaban J connectivity index is 2.24. The largest absolute Gasteiger partial charge is 0.368 e. The predicted octanol–water partition coefficient (Wildman–Crippen LogP) is 4.23. The summed E-state index contributed by atoms with van der Waals surface area (Å²) in [6, 6.07) is 14.1. The molecule has 0 aliphatic rings. The summed E-state index contributed by atoms with van der Waals surface area (Å²) in [5, 5.41) is 0. The molecule has 2 aromatic carbocycles. The monoisotopic (exact) mass is 271 g/mol. The predicted molar refractivity (Wildman–Crippen MR) is 79.7 cm³/mol. The number of nitrogens with zero attached hydrogens (tertiary/aromatic N) is 1. The Morgan fingerprint density at radius 1 is 1.10 bits per heavy atom. The van der Waals surface area contributed by atoms with Crippen molar-refractivity contribution >= 4 is 11.5 Å². The molecule has 0 heterocycles. The molecular formula is C17H18FNO. The standard InChI is InChI=1S/C17H18FNO/c1-12(16-6-4-5-7-17(16)18)19(3)15-10-8-14(9-11-15)13(2)20/h4-12H,1-3H3. The van der Waals surface area contributed by atoms with E-state index in [1.54, 1.807) is 31.2 Å². The Hall–Kier alpha value is -2.16. The zero-order valence-corrected chi connectivity index (χ0v) is 11.9. The molecule has 104 valence electrons. The first kappa shape index (κ1) is 14.3. The van der Waals surface area contributed by atoms with E-state index in [1.165, 1.54) is 6.07 Å². The third kappa shape index (κ3) is 2.87. The van der Waals surface area contributed by atoms with Crippen molar-refractivity contribution in [2.75, 3.05) is 11.9 Å². The zero-order valence-electron chi connectivity index (χ0n) is 11.9. The topological polar surface area (TPSA) is 20.3 Å². The molecule has 0 aromatic heterocycles. The van der Waals surface area contributed by atoms with Gasteiger partial charge in [0.05, 0.1) is 6.04 Å². The highest BCUT2D eigenvalue weighted by molar-refractivity contribution is 5.94. The van der Waals surface area contributed by atoms with Crippen molar-refractivity contribution in [3.05, 3.63) is 65.5 Å². The molecule has 0 radical (unpaired) electrons. The molecule has 1 atom stereocenters. The summed E-state index contributed by atoms with van der Waals surface area (Å²) in [6.45, 7) is 3.50. The van der Waals surface area contributed by atoms with E-state index in [1.807, 2.05) is 37.1 Å². The van der Waals surface area contributed by atoms with E-state index >= 15 is 0 Å². The first-order valence-electron chi connectivity index (χ1n) is 6.59. The molecule has 20 heavy (non-hydrogen) atoms. The Kier molecular flexibility index (Phi) is 4.18. The van der Waals surface area contributed by atoms with Crippen LogP contribution < -0.4 is 4.90 Å². The van der Waals surface area contributed by atoms with Crippen LogP contribution in [0.15, 0.2) is 48.5 Å². The molecule has 0 saturated heterocycles. The maximum Gasteiger partial charge on any atom is 0.159 e. The number of carbonyl (C=O) groups is 1. The van der Waals surface area contributed by atoms with Gasteiger partial charge in [0.15, 0.2) is 5.78 Å². The summed E-state index contributed by atoms with van der Waals surface area (Å²) in [6.07, 6.45) is 0. The number of hydrogen-bond acceptors (Lipinski definition) is 2. The molecule has 0 aliphatic heterocycles. The lowest BCUT2D eigenvalue weighted by atomic mass is 10.1. The Labute approximate surface area is 118 Å². The third-order valence-electron chi connectivity index (χ3n) is 3.62. The van der Waals surface area contributed by atoms with Crippen LogP contribution in [0.3, 0.4) is 0 Å². The summed E-state index contributed by atoms with van der Waals surface area (Å²) in [5.41, 5.74) is 2.29. The first-order chi connectivity index (χ1) is 9.50. The van der Waals surface area contributed by atoms with Crippen molar-refractivity contribution in [3.8, 4) is 0 Å². The van der Waals surface area contributed by atoms with Gasteiger partial charge in [0.2, 0.25) is 0 Å². The fourth-order valence-electron chi connectivity index (χ4n) is 2.18. The summed E-state index contributed by atoms with van der Waals surface area (Å²) in [7, 11) is 1.92. The van der Waals surface area contributed by atoms with Gasteiger partial charge >= 0.3 is 0 Å². The summed E-state index contributed by atoms with van der Waals surface area (Å²) >= 11 is 0. The van der Waals surface area contributed by atoms with Gasteiger partial charge in [0.25, 0.3) is 0 Å². The molecule has 0 N–H and O–H groups in total. The molecule has 2 aromatic rings. The third-order valence-corrected chi connectivity index (χ3v) is 3.62. The van der Waals surface area contributed by atoms with Gasteiger partial charge in [0, 0.05) is 23.9 Å².